The number of nitrogens with zero attached hydrogens (tertiary/aromatic N) is 3. The van der Waals surface area contributed by atoms with Gasteiger partial charge in [-0.15, -0.1) is 0 Å². The third-order valence-corrected chi connectivity index (χ3v) is 3.86. The summed E-state index contributed by atoms with van der Waals surface area (Å²) in [6.45, 7) is 4.49. The molecule has 3 aromatic rings. The van der Waals surface area contributed by atoms with E-state index in [1.54, 1.807) is 18.6 Å². The second-order valence-corrected chi connectivity index (χ2v) is 5.53. The fourth-order valence-corrected chi connectivity index (χ4v) is 2.65. The molecule has 0 spiro atoms. The average molecular weight is 321 g/mol. The Hall–Kier alpha value is -3.02. The predicted molar refractivity (Wildman–Crippen MR) is 94.5 cm³/mol. The van der Waals surface area contributed by atoms with Crippen molar-refractivity contribution >= 4 is 22.4 Å². The SMILES string of the molecule is CCCNC(=O)c1ncc2c(-c3nccnc3C)cccc2c1N. The van der Waals surface area contributed by atoms with E-state index in [1.165, 1.54) is 0 Å². The maximum atomic E-state index is 12.2. The van der Waals surface area contributed by atoms with Gasteiger partial charge in [0.2, 0.25) is 0 Å². The van der Waals surface area contributed by atoms with E-state index >= 15 is 0 Å². The van der Waals surface area contributed by atoms with Crippen LogP contribution in [0.25, 0.3) is 22.0 Å². The number of hydrogen-bond acceptors (Lipinski definition) is 5. The lowest BCUT2D eigenvalue weighted by Gasteiger charge is -2.12. The van der Waals surface area contributed by atoms with Crippen molar-refractivity contribution in [2.45, 2.75) is 20.3 Å². The molecule has 3 N–H and O–H groups in total. The smallest absolute Gasteiger partial charge is 0.272 e. The highest BCUT2D eigenvalue weighted by Crippen LogP contribution is 2.32. The maximum absolute atomic E-state index is 12.2. The summed E-state index contributed by atoms with van der Waals surface area (Å²) >= 11 is 0. The molecule has 0 unspecified atom stereocenters. The molecule has 0 saturated carbocycles. The van der Waals surface area contributed by atoms with Crippen molar-refractivity contribution in [1.29, 1.82) is 0 Å². The van der Waals surface area contributed by atoms with E-state index in [1.807, 2.05) is 32.0 Å². The number of aromatic nitrogens is 3. The Bertz CT molecular complexity index is 907. The molecule has 1 aromatic carbocycles. The molecule has 3 rings (SSSR count). The van der Waals surface area contributed by atoms with Crippen LogP contribution in [0, 0.1) is 6.92 Å². The lowest BCUT2D eigenvalue weighted by Crippen LogP contribution is -2.26. The number of fused-ring (bicyclic) bond motifs is 1. The number of nitrogens with one attached hydrogen (secondary N) is 1. The molecule has 6 nitrogen and oxygen atoms in total. The number of carbonyl (C=O) groups is 1. The summed E-state index contributed by atoms with van der Waals surface area (Å²) in [5.74, 6) is -0.252. The number of hydrogen-bond donors (Lipinski definition) is 2. The Balaban J connectivity index is 2.15. The van der Waals surface area contributed by atoms with Gasteiger partial charge in [0.1, 0.15) is 0 Å². The number of rotatable bonds is 4. The zero-order valence-corrected chi connectivity index (χ0v) is 13.7. The highest BCUT2D eigenvalue weighted by molar-refractivity contribution is 6.09. The summed E-state index contributed by atoms with van der Waals surface area (Å²) in [6, 6.07) is 5.74. The Kier molecular flexibility index (Phi) is 4.37. The number of amides is 1. The van der Waals surface area contributed by atoms with Crippen molar-refractivity contribution in [3.8, 4) is 11.3 Å². The Morgan fingerprint density at radius 2 is 1.96 bits per heavy atom. The third-order valence-electron chi connectivity index (χ3n) is 3.86. The monoisotopic (exact) mass is 321 g/mol. The molecule has 0 atom stereocenters. The quantitative estimate of drug-likeness (QED) is 0.770. The minimum Gasteiger partial charge on any atom is -0.396 e. The molecule has 0 aliphatic heterocycles. The lowest BCUT2D eigenvalue weighted by atomic mass is 10.0. The molecule has 0 bridgehead atoms. The number of nitrogen functional groups attached to an aromatic ring is 1. The summed E-state index contributed by atoms with van der Waals surface area (Å²) < 4.78 is 0. The van der Waals surface area contributed by atoms with Crippen molar-refractivity contribution in [2.24, 2.45) is 0 Å². The van der Waals surface area contributed by atoms with Gasteiger partial charge < -0.3 is 11.1 Å². The van der Waals surface area contributed by atoms with Gasteiger partial charge in [-0.1, -0.05) is 25.1 Å². The van der Waals surface area contributed by atoms with Gasteiger partial charge in [-0.25, -0.2) is 4.98 Å². The molecule has 0 fully saturated rings. The second kappa shape index (κ2) is 6.62. The predicted octanol–water partition coefficient (Wildman–Crippen LogP) is 2.72. The van der Waals surface area contributed by atoms with Crippen LogP contribution in [0.5, 0.6) is 0 Å². The molecule has 0 saturated heterocycles. The summed E-state index contributed by atoms with van der Waals surface area (Å²) in [4.78, 5) is 25.2. The molecular weight excluding hydrogens is 302 g/mol. The van der Waals surface area contributed by atoms with Crippen molar-refractivity contribution in [3.05, 3.63) is 48.2 Å². The highest BCUT2D eigenvalue weighted by Gasteiger charge is 2.16. The van der Waals surface area contributed by atoms with Gasteiger partial charge in [0.15, 0.2) is 5.69 Å². The zero-order valence-electron chi connectivity index (χ0n) is 13.7. The summed E-state index contributed by atoms with van der Waals surface area (Å²) in [5, 5.41) is 4.44. The minimum atomic E-state index is -0.252. The minimum absolute atomic E-state index is 0.252. The number of benzene rings is 1. The van der Waals surface area contributed by atoms with Crippen molar-refractivity contribution in [3.63, 3.8) is 0 Å². The maximum Gasteiger partial charge on any atom is 0.272 e. The van der Waals surface area contributed by atoms with Gasteiger partial charge in [-0.3, -0.25) is 14.8 Å². The van der Waals surface area contributed by atoms with E-state index in [4.69, 9.17) is 5.73 Å². The fraction of sp³-hybridized carbons (Fsp3) is 0.222. The van der Waals surface area contributed by atoms with Gasteiger partial charge in [-0.05, 0) is 13.3 Å². The second-order valence-electron chi connectivity index (χ2n) is 5.53. The lowest BCUT2D eigenvalue weighted by molar-refractivity contribution is 0.0950. The van der Waals surface area contributed by atoms with Crippen LogP contribution < -0.4 is 11.1 Å². The summed E-state index contributed by atoms with van der Waals surface area (Å²) in [6.07, 6.45) is 5.85. The number of carbonyl (C=O) groups excluding carboxylic acids is 1. The van der Waals surface area contributed by atoms with Crippen molar-refractivity contribution in [1.82, 2.24) is 20.3 Å². The molecule has 1 amide bonds. The summed E-state index contributed by atoms with van der Waals surface area (Å²) in [5.41, 5.74) is 9.36. The molecule has 24 heavy (non-hydrogen) atoms. The van der Waals surface area contributed by atoms with Crippen LogP contribution in [0.2, 0.25) is 0 Å². The van der Waals surface area contributed by atoms with Crippen molar-refractivity contribution < 1.29 is 4.79 Å². The van der Waals surface area contributed by atoms with Crippen LogP contribution in [0.1, 0.15) is 29.5 Å². The van der Waals surface area contributed by atoms with Gasteiger partial charge in [0.05, 0.1) is 17.1 Å². The molecule has 2 heterocycles. The molecular formula is C18H19N5O. The van der Waals surface area contributed by atoms with E-state index < -0.39 is 0 Å². The van der Waals surface area contributed by atoms with E-state index in [0.29, 0.717) is 12.2 Å². The van der Waals surface area contributed by atoms with E-state index in [0.717, 1.165) is 34.1 Å². The van der Waals surface area contributed by atoms with Crippen LogP contribution in [-0.4, -0.2) is 27.4 Å². The summed E-state index contributed by atoms with van der Waals surface area (Å²) in [7, 11) is 0. The van der Waals surface area contributed by atoms with E-state index in [2.05, 4.69) is 20.3 Å². The number of aryl methyl sites for hydroxylation is 1. The molecule has 2 aromatic heterocycles. The largest absolute Gasteiger partial charge is 0.396 e. The van der Waals surface area contributed by atoms with Crippen LogP contribution in [0.3, 0.4) is 0 Å². The highest BCUT2D eigenvalue weighted by atomic mass is 16.1. The number of anilines is 1. The molecule has 6 heteroatoms. The number of nitrogens with two attached hydrogens (primary N) is 1. The standard InChI is InChI=1S/C18H19N5O/c1-3-7-22-18(24)17-15(19)12-5-4-6-13(14(12)10-23-17)16-11(2)20-8-9-21-16/h4-6,8-10H,3,7,19H2,1-2H3,(H,22,24). The van der Waals surface area contributed by atoms with Gasteiger partial charge in [-0.2, -0.15) is 0 Å². The Morgan fingerprint density at radius 3 is 2.71 bits per heavy atom. The van der Waals surface area contributed by atoms with Crippen LogP contribution in [0.15, 0.2) is 36.8 Å². The normalized spacial score (nSPS) is 10.8. The molecule has 0 aliphatic carbocycles. The first-order chi connectivity index (χ1) is 11.6. The Labute approximate surface area is 140 Å². The molecule has 122 valence electrons. The van der Waals surface area contributed by atoms with E-state index in [-0.39, 0.29) is 11.6 Å². The van der Waals surface area contributed by atoms with Gasteiger partial charge in [0.25, 0.3) is 5.91 Å². The van der Waals surface area contributed by atoms with Gasteiger partial charge >= 0.3 is 0 Å². The first-order valence-corrected chi connectivity index (χ1v) is 7.86. The van der Waals surface area contributed by atoms with Crippen LogP contribution >= 0.6 is 0 Å². The van der Waals surface area contributed by atoms with Crippen LogP contribution in [0.4, 0.5) is 5.69 Å². The number of pyridine rings is 1. The van der Waals surface area contributed by atoms with E-state index in [9.17, 15) is 4.79 Å². The molecule has 0 radical (unpaired) electrons. The zero-order chi connectivity index (χ0) is 17.1. The fourth-order valence-electron chi connectivity index (χ4n) is 2.65. The Morgan fingerprint density at radius 1 is 1.17 bits per heavy atom. The first kappa shape index (κ1) is 15.9. The molecule has 0 aliphatic rings. The van der Waals surface area contributed by atoms with Crippen molar-refractivity contribution in [2.75, 3.05) is 12.3 Å². The van der Waals surface area contributed by atoms with Crippen LogP contribution in [-0.2, 0) is 0 Å². The third kappa shape index (κ3) is 2.78. The average Bonchev–Trinajstić information content (AvgIpc) is 2.60. The van der Waals surface area contributed by atoms with Gasteiger partial charge in [0, 0.05) is 41.5 Å². The topological polar surface area (TPSA) is 93.8 Å². The first-order valence-electron chi connectivity index (χ1n) is 7.86.